The molecule has 1 aromatic rings. The monoisotopic (exact) mass is 221 g/mol. The average molecular weight is 221 g/mol. The van der Waals surface area contributed by atoms with Crippen LogP contribution in [0.1, 0.15) is 43.9 Å². The van der Waals surface area contributed by atoms with Crippen molar-refractivity contribution < 1.29 is 5.11 Å². The fourth-order valence-corrected chi connectivity index (χ4v) is 1.78. The van der Waals surface area contributed by atoms with E-state index < -0.39 is 0 Å². The molecule has 0 saturated carbocycles. The highest BCUT2D eigenvalue weighted by molar-refractivity contribution is 5.25. The lowest BCUT2D eigenvalue weighted by molar-refractivity contribution is 0.175. The molecular formula is C14H23NO. The van der Waals surface area contributed by atoms with Crippen LogP contribution in [0, 0.1) is 0 Å². The maximum Gasteiger partial charge on any atom is 0.0914 e. The van der Waals surface area contributed by atoms with Crippen molar-refractivity contribution in [3.8, 4) is 0 Å². The Morgan fingerprint density at radius 3 is 2.75 bits per heavy atom. The summed E-state index contributed by atoms with van der Waals surface area (Å²) in [5.41, 5.74) is 2.34. The van der Waals surface area contributed by atoms with Gasteiger partial charge in [0.05, 0.1) is 6.10 Å². The molecule has 0 aliphatic heterocycles. The molecular weight excluding hydrogens is 198 g/mol. The number of aryl methyl sites for hydroxylation is 1. The number of hydrogen-bond donors (Lipinski definition) is 2. The number of aliphatic hydroxyl groups is 1. The van der Waals surface area contributed by atoms with Crippen molar-refractivity contribution in [2.24, 2.45) is 0 Å². The molecule has 0 spiro atoms. The largest absolute Gasteiger partial charge is 0.387 e. The summed E-state index contributed by atoms with van der Waals surface area (Å²) in [6.45, 7) is 5.91. The van der Waals surface area contributed by atoms with E-state index in [-0.39, 0.29) is 6.10 Å². The van der Waals surface area contributed by atoms with Crippen LogP contribution in [0.25, 0.3) is 0 Å². The first-order chi connectivity index (χ1) is 7.77. The summed E-state index contributed by atoms with van der Waals surface area (Å²) in [4.78, 5) is 0. The Morgan fingerprint density at radius 1 is 1.25 bits per heavy atom. The van der Waals surface area contributed by atoms with Crippen molar-refractivity contribution in [1.82, 2.24) is 5.32 Å². The molecule has 2 N–H and O–H groups in total. The van der Waals surface area contributed by atoms with Gasteiger partial charge in [-0.25, -0.2) is 0 Å². The molecule has 16 heavy (non-hydrogen) atoms. The van der Waals surface area contributed by atoms with Gasteiger partial charge in [-0.15, -0.1) is 0 Å². The van der Waals surface area contributed by atoms with Gasteiger partial charge in [0.25, 0.3) is 0 Å². The van der Waals surface area contributed by atoms with Gasteiger partial charge in [0.15, 0.2) is 0 Å². The molecule has 0 fully saturated rings. The second-order valence-corrected chi connectivity index (χ2v) is 4.21. The van der Waals surface area contributed by atoms with E-state index in [9.17, 15) is 5.11 Å². The van der Waals surface area contributed by atoms with Crippen LogP contribution in [-0.2, 0) is 6.42 Å². The van der Waals surface area contributed by atoms with Crippen molar-refractivity contribution >= 4 is 0 Å². The van der Waals surface area contributed by atoms with Gasteiger partial charge in [-0.2, -0.15) is 0 Å². The highest BCUT2D eigenvalue weighted by Crippen LogP contribution is 2.14. The van der Waals surface area contributed by atoms with E-state index in [0.717, 1.165) is 31.4 Å². The van der Waals surface area contributed by atoms with Crippen LogP contribution >= 0.6 is 0 Å². The predicted molar refractivity (Wildman–Crippen MR) is 68.6 cm³/mol. The highest BCUT2D eigenvalue weighted by Gasteiger charge is 2.06. The molecule has 0 aliphatic rings. The molecule has 1 atom stereocenters. The molecule has 0 aromatic heterocycles. The quantitative estimate of drug-likeness (QED) is 0.694. The smallest absolute Gasteiger partial charge is 0.0914 e. The van der Waals surface area contributed by atoms with Crippen LogP contribution in [0.5, 0.6) is 0 Å². The molecule has 0 radical (unpaired) electrons. The summed E-state index contributed by atoms with van der Waals surface area (Å²) < 4.78 is 0. The summed E-state index contributed by atoms with van der Waals surface area (Å²) in [7, 11) is 0. The zero-order valence-corrected chi connectivity index (χ0v) is 10.4. The van der Waals surface area contributed by atoms with E-state index in [2.05, 4.69) is 31.3 Å². The second kappa shape index (κ2) is 7.42. The summed E-state index contributed by atoms with van der Waals surface area (Å²) >= 11 is 0. The van der Waals surface area contributed by atoms with Gasteiger partial charge < -0.3 is 10.4 Å². The van der Waals surface area contributed by atoms with E-state index in [1.54, 1.807) is 0 Å². The van der Waals surface area contributed by atoms with Crippen LogP contribution < -0.4 is 5.32 Å². The van der Waals surface area contributed by atoms with Crippen molar-refractivity contribution in [3.63, 3.8) is 0 Å². The number of hydrogen-bond acceptors (Lipinski definition) is 2. The normalized spacial score (nSPS) is 12.7. The number of benzene rings is 1. The minimum Gasteiger partial charge on any atom is -0.387 e. The molecule has 0 aliphatic carbocycles. The van der Waals surface area contributed by atoms with Crippen LogP contribution in [0.4, 0.5) is 0 Å². The van der Waals surface area contributed by atoms with Gasteiger partial charge in [-0.1, -0.05) is 44.5 Å². The first kappa shape index (κ1) is 13.2. The molecule has 2 heteroatoms. The minimum atomic E-state index is -0.386. The van der Waals surface area contributed by atoms with Gasteiger partial charge in [0.2, 0.25) is 0 Å². The second-order valence-electron chi connectivity index (χ2n) is 4.21. The minimum absolute atomic E-state index is 0.386. The van der Waals surface area contributed by atoms with Gasteiger partial charge in [-0.05, 0) is 30.5 Å². The Kier molecular flexibility index (Phi) is 6.12. The van der Waals surface area contributed by atoms with Crippen LogP contribution in [0.3, 0.4) is 0 Å². The summed E-state index contributed by atoms with van der Waals surface area (Å²) in [6, 6.07) is 8.27. The predicted octanol–water partition coefficient (Wildman–Crippen LogP) is 2.67. The average Bonchev–Trinajstić information content (AvgIpc) is 2.30. The van der Waals surface area contributed by atoms with Crippen LogP contribution in [0.2, 0.25) is 0 Å². The van der Waals surface area contributed by atoms with E-state index in [0.29, 0.717) is 6.54 Å². The number of aliphatic hydroxyl groups excluding tert-OH is 1. The maximum absolute atomic E-state index is 9.98. The Hall–Kier alpha value is -0.860. The van der Waals surface area contributed by atoms with Crippen molar-refractivity contribution in [1.29, 1.82) is 0 Å². The van der Waals surface area contributed by atoms with E-state index in [4.69, 9.17) is 0 Å². The molecule has 0 bridgehead atoms. The summed E-state index contributed by atoms with van der Waals surface area (Å²) in [5, 5.41) is 13.2. The van der Waals surface area contributed by atoms with E-state index in [1.807, 2.05) is 12.1 Å². The lowest BCUT2D eigenvalue weighted by Crippen LogP contribution is -2.22. The molecule has 0 amide bonds. The third kappa shape index (κ3) is 4.33. The van der Waals surface area contributed by atoms with E-state index >= 15 is 0 Å². The zero-order chi connectivity index (χ0) is 11.8. The lowest BCUT2D eigenvalue weighted by atomic mass is 10.0. The molecule has 1 rings (SSSR count). The zero-order valence-electron chi connectivity index (χ0n) is 10.4. The SMILES string of the molecule is CCCNCC(O)c1cccc(CCC)c1. The standard InChI is InChI=1S/C14H23NO/c1-3-6-12-7-5-8-13(10-12)14(16)11-15-9-4-2/h5,7-8,10,14-16H,3-4,6,9,11H2,1-2H3. The van der Waals surface area contributed by atoms with Crippen LogP contribution in [-0.4, -0.2) is 18.2 Å². The third-order valence-electron chi connectivity index (χ3n) is 2.64. The third-order valence-corrected chi connectivity index (χ3v) is 2.64. The lowest BCUT2D eigenvalue weighted by Gasteiger charge is -2.13. The van der Waals surface area contributed by atoms with Crippen LogP contribution in [0.15, 0.2) is 24.3 Å². The molecule has 1 unspecified atom stereocenters. The van der Waals surface area contributed by atoms with Crippen molar-refractivity contribution in [3.05, 3.63) is 35.4 Å². The number of rotatable bonds is 7. The molecule has 1 aromatic carbocycles. The highest BCUT2D eigenvalue weighted by atomic mass is 16.3. The van der Waals surface area contributed by atoms with Crippen molar-refractivity contribution in [2.75, 3.05) is 13.1 Å². The van der Waals surface area contributed by atoms with Gasteiger partial charge in [0.1, 0.15) is 0 Å². The summed E-state index contributed by atoms with van der Waals surface area (Å²) in [5.74, 6) is 0. The topological polar surface area (TPSA) is 32.3 Å². The van der Waals surface area contributed by atoms with Gasteiger partial charge >= 0.3 is 0 Å². The number of nitrogens with one attached hydrogen (secondary N) is 1. The van der Waals surface area contributed by atoms with Gasteiger partial charge in [-0.3, -0.25) is 0 Å². The Balaban J connectivity index is 2.53. The maximum atomic E-state index is 9.98. The fraction of sp³-hybridized carbons (Fsp3) is 0.571. The molecule has 0 saturated heterocycles. The first-order valence-corrected chi connectivity index (χ1v) is 6.25. The Labute approximate surface area is 98.7 Å². The Bertz CT molecular complexity index is 299. The molecule has 2 nitrogen and oxygen atoms in total. The Morgan fingerprint density at radius 2 is 2.06 bits per heavy atom. The summed E-state index contributed by atoms with van der Waals surface area (Å²) in [6.07, 6.45) is 2.95. The van der Waals surface area contributed by atoms with E-state index in [1.165, 1.54) is 5.56 Å². The van der Waals surface area contributed by atoms with Crippen molar-refractivity contribution in [2.45, 2.75) is 39.2 Å². The van der Waals surface area contributed by atoms with Gasteiger partial charge in [0, 0.05) is 6.54 Å². The fourth-order valence-electron chi connectivity index (χ4n) is 1.78. The molecule has 0 heterocycles. The molecule has 90 valence electrons. The first-order valence-electron chi connectivity index (χ1n) is 6.25.